The summed E-state index contributed by atoms with van der Waals surface area (Å²) in [6.45, 7) is 3.48. The first-order valence-corrected chi connectivity index (χ1v) is 9.69. The molecule has 140 valence electrons. The molecule has 3 aromatic rings. The van der Waals surface area contributed by atoms with Gasteiger partial charge in [0.15, 0.2) is 11.6 Å². The van der Waals surface area contributed by atoms with Crippen LogP contribution in [0.3, 0.4) is 0 Å². The maximum absolute atomic E-state index is 13.9. The average Bonchev–Trinajstić information content (AvgIpc) is 2.61. The Hall–Kier alpha value is -2.93. The van der Waals surface area contributed by atoms with Crippen molar-refractivity contribution in [3.63, 3.8) is 0 Å². The molecule has 0 saturated carbocycles. The van der Waals surface area contributed by atoms with Gasteiger partial charge in [0.1, 0.15) is 5.82 Å². The number of nitrogens with zero attached hydrogens (tertiary/aromatic N) is 1. The van der Waals surface area contributed by atoms with E-state index in [9.17, 15) is 12.8 Å². The predicted octanol–water partition coefficient (Wildman–Crippen LogP) is 4.31. The molecule has 0 amide bonds. The van der Waals surface area contributed by atoms with Crippen molar-refractivity contribution in [1.29, 1.82) is 0 Å². The Balaban J connectivity index is 1.93. The van der Waals surface area contributed by atoms with E-state index in [1.165, 1.54) is 25.3 Å². The molecule has 2 aromatic carbocycles. The summed E-state index contributed by atoms with van der Waals surface area (Å²) < 4.78 is 46.7. The number of aromatic nitrogens is 1. The molecule has 7 heteroatoms. The van der Waals surface area contributed by atoms with Gasteiger partial charge in [0.25, 0.3) is 10.0 Å². The van der Waals surface area contributed by atoms with Crippen LogP contribution in [-0.2, 0) is 10.0 Å². The van der Waals surface area contributed by atoms with Crippen LogP contribution in [0.5, 0.6) is 5.75 Å². The number of hydrogen-bond acceptors (Lipinski definition) is 4. The molecule has 0 aliphatic rings. The third-order valence-corrected chi connectivity index (χ3v) is 5.59. The second-order valence-corrected chi connectivity index (χ2v) is 7.75. The van der Waals surface area contributed by atoms with E-state index in [1.54, 1.807) is 50.2 Å². The molecule has 0 atom stereocenters. The minimum absolute atomic E-state index is 0.142. The number of rotatable bonds is 5. The maximum Gasteiger partial charge on any atom is 0.263 e. The summed E-state index contributed by atoms with van der Waals surface area (Å²) in [5.74, 6) is -0.0585. The number of hydrogen-bond donors (Lipinski definition) is 1. The normalized spacial score (nSPS) is 11.3. The lowest BCUT2D eigenvalue weighted by atomic mass is 10.0. The van der Waals surface area contributed by atoms with E-state index in [0.29, 0.717) is 22.4 Å². The van der Waals surface area contributed by atoms with Crippen LogP contribution in [0, 0.1) is 19.7 Å². The van der Waals surface area contributed by atoms with Crippen LogP contribution in [0.2, 0.25) is 0 Å². The van der Waals surface area contributed by atoms with Gasteiger partial charge in [-0.25, -0.2) is 17.8 Å². The fraction of sp³-hybridized carbons (Fsp3) is 0.150. The van der Waals surface area contributed by atoms with Gasteiger partial charge in [0.05, 0.1) is 12.0 Å². The van der Waals surface area contributed by atoms with E-state index < -0.39 is 15.8 Å². The number of benzene rings is 2. The zero-order valence-corrected chi connectivity index (χ0v) is 16.0. The summed E-state index contributed by atoms with van der Waals surface area (Å²) in [4.78, 5) is 4.30. The second-order valence-electron chi connectivity index (χ2n) is 6.10. The molecule has 0 spiro atoms. The van der Waals surface area contributed by atoms with Gasteiger partial charge in [-0.05, 0) is 60.9 Å². The Kier molecular flexibility index (Phi) is 5.14. The van der Waals surface area contributed by atoms with Crippen molar-refractivity contribution in [2.75, 3.05) is 11.8 Å². The van der Waals surface area contributed by atoms with Gasteiger partial charge in [-0.3, -0.25) is 4.72 Å². The van der Waals surface area contributed by atoms with Crippen molar-refractivity contribution in [1.82, 2.24) is 4.98 Å². The number of pyridine rings is 1. The van der Waals surface area contributed by atoms with Crippen molar-refractivity contribution in [2.45, 2.75) is 18.7 Å². The van der Waals surface area contributed by atoms with Crippen molar-refractivity contribution in [3.05, 3.63) is 71.7 Å². The van der Waals surface area contributed by atoms with Gasteiger partial charge < -0.3 is 4.74 Å². The Morgan fingerprint density at radius 2 is 1.70 bits per heavy atom. The van der Waals surface area contributed by atoms with Crippen molar-refractivity contribution in [3.8, 4) is 16.9 Å². The van der Waals surface area contributed by atoms with Gasteiger partial charge in [0, 0.05) is 5.69 Å². The first kappa shape index (κ1) is 18.8. The first-order valence-electron chi connectivity index (χ1n) is 8.21. The first-order chi connectivity index (χ1) is 12.8. The Bertz CT molecular complexity index is 1100. The summed E-state index contributed by atoms with van der Waals surface area (Å²) in [6, 6.07) is 14.6. The van der Waals surface area contributed by atoms with Crippen LogP contribution in [0.1, 0.15) is 11.3 Å². The number of sulfonamides is 1. The molecule has 27 heavy (non-hydrogen) atoms. The van der Waals surface area contributed by atoms with E-state index in [4.69, 9.17) is 4.74 Å². The second kappa shape index (κ2) is 7.36. The van der Waals surface area contributed by atoms with Gasteiger partial charge in [-0.15, -0.1) is 0 Å². The molecule has 0 aliphatic carbocycles. The van der Waals surface area contributed by atoms with Gasteiger partial charge in [-0.1, -0.05) is 24.3 Å². The van der Waals surface area contributed by atoms with E-state index >= 15 is 0 Å². The number of nitrogens with one attached hydrogen (secondary N) is 1. The highest BCUT2D eigenvalue weighted by Gasteiger charge is 2.18. The minimum atomic E-state index is -3.79. The van der Waals surface area contributed by atoms with E-state index in [1.807, 2.05) is 0 Å². The largest absolute Gasteiger partial charge is 0.494 e. The third-order valence-electron chi connectivity index (χ3n) is 4.08. The zero-order chi connectivity index (χ0) is 19.6. The van der Waals surface area contributed by atoms with Crippen molar-refractivity contribution < 1.29 is 17.5 Å². The zero-order valence-electron chi connectivity index (χ0n) is 15.2. The molecular weight excluding hydrogens is 367 g/mol. The third kappa shape index (κ3) is 4.09. The van der Waals surface area contributed by atoms with Crippen LogP contribution in [0.4, 0.5) is 10.2 Å². The molecule has 0 bridgehead atoms. The monoisotopic (exact) mass is 386 g/mol. The van der Waals surface area contributed by atoms with E-state index in [2.05, 4.69) is 9.71 Å². The molecule has 3 rings (SSSR count). The van der Waals surface area contributed by atoms with Gasteiger partial charge in [-0.2, -0.15) is 0 Å². The SMILES string of the molecule is COc1ccc(-c2ccc(S(=O)(=O)Nc3cccc(C)n3)c(C)c2)cc1F. The summed E-state index contributed by atoms with van der Waals surface area (Å²) in [5.41, 5.74) is 2.60. The highest BCUT2D eigenvalue weighted by Crippen LogP contribution is 2.28. The average molecular weight is 386 g/mol. The Morgan fingerprint density at radius 1 is 1.00 bits per heavy atom. The lowest BCUT2D eigenvalue weighted by Gasteiger charge is -2.12. The molecule has 0 saturated heterocycles. The number of ether oxygens (including phenoxy) is 1. The highest BCUT2D eigenvalue weighted by molar-refractivity contribution is 7.92. The van der Waals surface area contributed by atoms with E-state index in [-0.39, 0.29) is 16.5 Å². The fourth-order valence-electron chi connectivity index (χ4n) is 2.77. The Labute approximate surface area is 157 Å². The molecule has 1 N–H and O–H groups in total. The molecule has 0 fully saturated rings. The van der Waals surface area contributed by atoms with Crippen molar-refractivity contribution >= 4 is 15.8 Å². The topological polar surface area (TPSA) is 68.3 Å². The summed E-state index contributed by atoms with van der Waals surface area (Å²) in [7, 11) is -2.38. The molecule has 1 heterocycles. The van der Waals surface area contributed by atoms with Crippen LogP contribution < -0.4 is 9.46 Å². The molecule has 5 nitrogen and oxygen atoms in total. The van der Waals surface area contributed by atoms with Crippen LogP contribution in [0.15, 0.2) is 59.5 Å². The van der Waals surface area contributed by atoms with Crippen LogP contribution in [-0.4, -0.2) is 20.5 Å². The lowest BCUT2D eigenvalue weighted by Crippen LogP contribution is -2.15. The molecule has 0 radical (unpaired) electrons. The van der Waals surface area contributed by atoms with Crippen molar-refractivity contribution in [2.24, 2.45) is 0 Å². The summed E-state index contributed by atoms with van der Waals surface area (Å²) in [5, 5.41) is 0. The number of halogens is 1. The molecule has 0 aliphatic heterocycles. The quantitative estimate of drug-likeness (QED) is 0.709. The highest BCUT2D eigenvalue weighted by atomic mass is 32.2. The molecule has 0 unspecified atom stereocenters. The number of methoxy groups -OCH3 is 1. The predicted molar refractivity (Wildman–Crippen MR) is 103 cm³/mol. The summed E-state index contributed by atoms with van der Waals surface area (Å²) >= 11 is 0. The smallest absolute Gasteiger partial charge is 0.263 e. The molecule has 1 aromatic heterocycles. The maximum atomic E-state index is 13.9. The number of anilines is 1. The van der Waals surface area contributed by atoms with Crippen LogP contribution >= 0.6 is 0 Å². The van der Waals surface area contributed by atoms with Gasteiger partial charge >= 0.3 is 0 Å². The molecular formula is C20H19FN2O3S. The number of aryl methyl sites for hydroxylation is 2. The fourth-order valence-corrected chi connectivity index (χ4v) is 4.00. The minimum Gasteiger partial charge on any atom is -0.494 e. The summed E-state index contributed by atoms with van der Waals surface area (Å²) in [6.07, 6.45) is 0. The lowest BCUT2D eigenvalue weighted by molar-refractivity contribution is 0.386. The standard InChI is InChI=1S/C20H19FN2O3S/c1-13-11-15(16-7-9-18(26-3)17(21)12-16)8-10-19(13)27(24,25)23-20-6-4-5-14(2)22-20/h4-12H,1-3H3,(H,22,23). The Morgan fingerprint density at radius 3 is 2.33 bits per heavy atom. The van der Waals surface area contributed by atoms with E-state index in [0.717, 1.165) is 0 Å². The van der Waals surface area contributed by atoms with Gasteiger partial charge in [0.2, 0.25) is 0 Å². The van der Waals surface area contributed by atoms with Crippen LogP contribution in [0.25, 0.3) is 11.1 Å².